The molecular formula is C54H33N3S. The summed E-state index contributed by atoms with van der Waals surface area (Å²) < 4.78 is 0. The van der Waals surface area contributed by atoms with E-state index in [0.717, 1.165) is 50.3 Å². The molecule has 0 saturated carbocycles. The fraction of sp³-hybridized carbons (Fsp3) is 0.0185. The minimum atomic E-state index is -0.492. The molecule has 0 unspecified atom stereocenters. The van der Waals surface area contributed by atoms with Gasteiger partial charge in [-0.3, -0.25) is 0 Å². The lowest BCUT2D eigenvalue weighted by Gasteiger charge is -2.39. The Labute approximate surface area is 342 Å². The summed E-state index contributed by atoms with van der Waals surface area (Å²) in [6.07, 6.45) is 0. The third-order valence-corrected chi connectivity index (χ3v) is 12.8. The molecule has 9 aromatic rings. The third kappa shape index (κ3) is 5.36. The number of fused-ring (bicyclic) bond motifs is 9. The molecule has 1 spiro atoms. The number of aromatic nitrogens is 2. The van der Waals surface area contributed by atoms with Gasteiger partial charge in [-0.15, -0.1) is 0 Å². The van der Waals surface area contributed by atoms with Gasteiger partial charge in [-0.2, -0.15) is 5.26 Å². The maximum atomic E-state index is 9.62. The minimum absolute atomic E-state index is 0.492. The first-order valence-electron chi connectivity index (χ1n) is 19.5. The van der Waals surface area contributed by atoms with Crippen molar-refractivity contribution in [2.75, 3.05) is 0 Å². The number of nitrogens with zero attached hydrogens (tertiary/aromatic N) is 3. The van der Waals surface area contributed by atoms with Gasteiger partial charge < -0.3 is 0 Å². The topological polar surface area (TPSA) is 49.6 Å². The highest BCUT2D eigenvalue weighted by atomic mass is 32.2. The molecule has 0 N–H and O–H groups in total. The molecule has 1 aliphatic carbocycles. The summed E-state index contributed by atoms with van der Waals surface area (Å²) >= 11 is 1.86. The second-order valence-corrected chi connectivity index (χ2v) is 15.9. The highest BCUT2D eigenvalue weighted by Crippen LogP contribution is 2.63. The molecule has 8 aromatic carbocycles. The lowest BCUT2D eigenvalue weighted by molar-refractivity contribution is 0.722. The number of hydrogen-bond donors (Lipinski definition) is 0. The van der Waals surface area contributed by atoms with Crippen molar-refractivity contribution in [2.45, 2.75) is 15.2 Å². The van der Waals surface area contributed by atoms with Crippen LogP contribution in [0.1, 0.15) is 27.8 Å². The molecule has 0 atom stereocenters. The van der Waals surface area contributed by atoms with E-state index in [-0.39, 0.29) is 0 Å². The van der Waals surface area contributed by atoms with Crippen molar-refractivity contribution < 1.29 is 0 Å². The fourth-order valence-electron chi connectivity index (χ4n) is 9.00. The first-order chi connectivity index (χ1) is 28.7. The standard InChI is InChI=1S/C54H33N3S/c55-34-35-22-24-37(25-23-35)42-16-11-19-47-52(42)43-32-41(30-31-44(43)54(47)45-17-7-9-20-50(45)58-51-21-10-8-18-46(51)54)36-26-28-39(29-27-36)49-33-48(38-12-3-1-4-13-38)56-53(57-49)40-14-5-2-6-15-40/h1-33H. The fourth-order valence-corrected chi connectivity index (χ4v) is 10.2. The Morgan fingerprint density at radius 3 is 1.59 bits per heavy atom. The van der Waals surface area contributed by atoms with Gasteiger partial charge in [0.15, 0.2) is 5.82 Å². The van der Waals surface area contributed by atoms with Gasteiger partial charge >= 0.3 is 0 Å². The molecule has 4 heteroatoms. The molecule has 1 aliphatic heterocycles. The normalized spacial score (nSPS) is 12.9. The number of nitriles is 1. The summed E-state index contributed by atoms with van der Waals surface area (Å²) in [6, 6.07) is 73.3. The Morgan fingerprint density at radius 1 is 0.397 bits per heavy atom. The summed E-state index contributed by atoms with van der Waals surface area (Å²) in [7, 11) is 0. The summed E-state index contributed by atoms with van der Waals surface area (Å²) in [5, 5.41) is 9.62. The average molecular weight is 756 g/mol. The second-order valence-electron chi connectivity index (χ2n) is 14.8. The summed E-state index contributed by atoms with van der Waals surface area (Å²) in [5.74, 6) is 0.703. The Morgan fingerprint density at radius 2 is 0.931 bits per heavy atom. The van der Waals surface area contributed by atoms with E-state index < -0.39 is 5.41 Å². The Bertz CT molecular complexity index is 2970. The van der Waals surface area contributed by atoms with Crippen molar-refractivity contribution in [1.82, 2.24) is 9.97 Å². The zero-order valence-electron chi connectivity index (χ0n) is 31.3. The maximum absolute atomic E-state index is 9.62. The predicted octanol–water partition coefficient (Wildman–Crippen LogP) is 13.5. The molecule has 2 heterocycles. The Hall–Kier alpha value is -7.32. The van der Waals surface area contributed by atoms with E-state index in [9.17, 15) is 5.26 Å². The Balaban J connectivity index is 1.08. The monoisotopic (exact) mass is 755 g/mol. The minimum Gasteiger partial charge on any atom is -0.228 e. The second kappa shape index (κ2) is 13.7. The van der Waals surface area contributed by atoms with E-state index in [0.29, 0.717) is 11.4 Å². The van der Waals surface area contributed by atoms with Crippen LogP contribution in [-0.4, -0.2) is 9.97 Å². The van der Waals surface area contributed by atoms with E-state index in [1.165, 1.54) is 43.2 Å². The van der Waals surface area contributed by atoms with Crippen LogP contribution in [0, 0.1) is 11.3 Å². The molecule has 58 heavy (non-hydrogen) atoms. The predicted molar refractivity (Wildman–Crippen MR) is 235 cm³/mol. The van der Waals surface area contributed by atoms with Gasteiger partial charge in [0.25, 0.3) is 0 Å². The first kappa shape index (κ1) is 34.0. The number of rotatable bonds is 5. The van der Waals surface area contributed by atoms with E-state index in [1.54, 1.807) is 0 Å². The van der Waals surface area contributed by atoms with Gasteiger partial charge in [0.05, 0.1) is 28.4 Å². The van der Waals surface area contributed by atoms with Crippen molar-refractivity contribution in [3.05, 3.63) is 228 Å². The lowest BCUT2D eigenvalue weighted by Crippen LogP contribution is -2.31. The molecule has 3 nitrogen and oxygen atoms in total. The Kier molecular flexibility index (Phi) is 8.03. The van der Waals surface area contributed by atoms with Crippen molar-refractivity contribution >= 4 is 11.8 Å². The summed E-state index contributed by atoms with van der Waals surface area (Å²) in [5.41, 5.74) is 17.2. The van der Waals surface area contributed by atoms with Gasteiger partial charge in [-0.25, -0.2) is 9.97 Å². The SMILES string of the molecule is N#Cc1ccc(-c2cccc3c2-c2cc(-c4ccc(-c5cc(-c6ccccc6)nc(-c6ccccc6)n5)cc4)ccc2C32c3ccccc3Sc3ccccc32)cc1. The molecule has 11 rings (SSSR count). The van der Waals surface area contributed by atoms with Gasteiger partial charge in [0.2, 0.25) is 0 Å². The molecule has 0 radical (unpaired) electrons. The van der Waals surface area contributed by atoms with Crippen LogP contribution in [0.5, 0.6) is 0 Å². The van der Waals surface area contributed by atoms with Crippen LogP contribution in [0.4, 0.5) is 0 Å². The largest absolute Gasteiger partial charge is 0.228 e. The molecule has 0 bridgehead atoms. The zero-order chi connectivity index (χ0) is 38.6. The van der Waals surface area contributed by atoms with E-state index in [2.05, 4.69) is 158 Å². The maximum Gasteiger partial charge on any atom is 0.160 e. The van der Waals surface area contributed by atoms with E-state index >= 15 is 0 Å². The van der Waals surface area contributed by atoms with Crippen LogP contribution in [0.15, 0.2) is 210 Å². The molecule has 0 saturated heterocycles. The van der Waals surface area contributed by atoms with Crippen LogP contribution in [0.3, 0.4) is 0 Å². The summed E-state index contributed by atoms with van der Waals surface area (Å²) in [6.45, 7) is 0. The highest BCUT2D eigenvalue weighted by molar-refractivity contribution is 7.99. The average Bonchev–Trinajstić information content (AvgIpc) is 3.59. The molecule has 2 aliphatic rings. The van der Waals surface area contributed by atoms with E-state index in [1.807, 2.05) is 60.3 Å². The molecule has 270 valence electrons. The van der Waals surface area contributed by atoms with Crippen LogP contribution in [0.25, 0.3) is 67.3 Å². The van der Waals surface area contributed by atoms with Crippen molar-refractivity contribution in [2.24, 2.45) is 0 Å². The van der Waals surface area contributed by atoms with Crippen LogP contribution in [-0.2, 0) is 5.41 Å². The number of hydrogen-bond acceptors (Lipinski definition) is 4. The smallest absolute Gasteiger partial charge is 0.160 e. The number of benzene rings is 8. The van der Waals surface area contributed by atoms with Gasteiger partial charge in [0.1, 0.15) is 0 Å². The zero-order valence-corrected chi connectivity index (χ0v) is 32.1. The van der Waals surface area contributed by atoms with E-state index in [4.69, 9.17) is 9.97 Å². The molecule has 0 fully saturated rings. The third-order valence-electron chi connectivity index (χ3n) is 11.6. The van der Waals surface area contributed by atoms with Crippen molar-refractivity contribution in [3.63, 3.8) is 0 Å². The molecule has 1 aromatic heterocycles. The van der Waals surface area contributed by atoms with Gasteiger partial charge in [0, 0.05) is 26.5 Å². The van der Waals surface area contributed by atoms with Crippen LogP contribution < -0.4 is 0 Å². The molecular weight excluding hydrogens is 723 g/mol. The van der Waals surface area contributed by atoms with Gasteiger partial charge in [-0.1, -0.05) is 176 Å². The van der Waals surface area contributed by atoms with Crippen molar-refractivity contribution in [1.29, 1.82) is 5.26 Å². The van der Waals surface area contributed by atoms with Gasteiger partial charge in [-0.05, 0) is 92.0 Å². The lowest BCUT2D eigenvalue weighted by atomic mass is 9.67. The first-order valence-corrected chi connectivity index (χ1v) is 20.3. The van der Waals surface area contributed by atoms with Crippen LogP contribution in [0.2, 0.25) is 0 Å². The summed E-state index contributed by atoms with van der Waals surface area (Å²) in [4.78, 5) is 12.6. The van der Waals surface area contributed by atoms with Crippen molar-refractivity contribution in [3.8, 4) is 73.4 Å². The van der Waals surface area contributed by atoms with Crippen LogP contribution >= 0.6 is 11.8 Å². The highest BCUT2D eigenvalue weighted by Gasteiger charge is 2.50. The quantitative estimate of drug-likeness (QED) is 0.175. The molecule has 0 amide bonds.